The first kappa shape index (κ1) is 11.8. The maximum Gasteiger partial charge on any atom is 0.205 e. The molecule has 90 valence electrons. The van der Waals surface area contributed by atoms with Crippen LogP contribution in [0.4, 0.5) is 5.95 Å². The number of para-hydroxylation sites is 1. The average Bonchev–Trinajstić information content (AvgIpc) is 2.66. The summed E-state index contributed by atoms with van der Waals surface area (Å²) in [7, 11) is 0. The molecule has 0 aliphatic heterocycles. The summed E-state index contributed by atoms with van der Waals surface area (Å²) in [4.78, 5) is 4.35. The minimum Gasteiger partial charge on any atom is -0.369 e. The Balaban J connectivity index is 2.38. The summed E-state index contributed by atoms with van der Waals surface area (Å²) in [5.41, 5.74) is 8.79. The van der Waals surface area contributed by atoms with E-state index in [4.69, 9.17) is 17.3 Å². The molecular formula is C13H9ClIN3. The Labute approximate surface area is 123 Å². The average molecular weight is 370 g/mol. The molecule has 2 N–H and O–H groups in total. The number of nitrogens with zero attached hydrogens (tertiary/aromatic N) is 2. The van der Waals surface area contributed by atoms with Gasteiger partial charge in [-0.25, -0.2) is 4.98 Å². The van der Waals surface area contributed by atoms with Crippen LogP contribution in [-0.4, -0.2) is 9.55 Å². The third kappa shape index (κ3) is 1.85. The van der Waals surface area contributed by atoms with Gasteiger partial charge in [0.15, 0.2) is 0 Å². The smallest absolute Gasteiger partial charge is 0.205 e. The van der Waals surface area contributed by atoms with Crippen LogP contribution in [0, 0.1) is 3.57 Å². The van der Waals surface area contributed by atoms with Crippen molar-refractivity contribution < 1.29 is 0 Å². The number of halogens is 2. The van der Waals surface area contributed by atoms with Crippen molar-refractivity contribution >= 4 is 51.2 Å². The molecule has 0 aliphatic rings. The van der Waals surface area contributed by atoms with Gasteiger partial charge in [-0.3, -0.25) is 4.57 Å². The molecule has 1 heterocycles. The van der Waals surface area contributed by atoms with Crippen LogP contribution in [0.3, 0.4) is 0 Å². The molecule has 3 nitrogen and oxygen atoms in total. The monoisotopic (exact) mass is 369 g/mol. The molecule has 2 aromatic carbocycles. The normalized spacial score (nSPS) is 11.0. The molecular weight excluding hydrogens is 361 g/mol. The van der Waals surface area contributed by atoms with Gasteiger partial charge < -0.3 is 5.73 Å². The van der Waals surface area contributed by atoms with E-state index in [0.717, 1.165) is 20.3 Å². The number of nitrogens with two attached hydrogens (primary N) is 1. The number of rotatable bonds is 1. The van der Waals surface area contributed by atoms with Gasteiger partial charge in [-0.2, -0.15) is 0 Å². The van der Waals surface area contributed by atoms with Crippen molar-refractivity contribution in [3.63, 3.8) is 0 Å². The van der Waals surface area contributed by atoms with Crippen LogP contribution >= 0.6 is 34.2 Å². The van der Waals surface area contributed by atoms with Crippen LogP contribution in [-0.2, 0) is 0 Å². The number of fused-ring (bicyclic) bond motifs is 1. The molecule has 0 bridgehead atoms. The van der Waals surface area contributed by atoms with E-state index in [1.807, 2.05) is 47.0 Å². The second-order valence-electron chi connectivity index (χ2n) is 3.89. The van der Waals surface area contributed by atoms with Crippen molar-refractivity contribution in [3.8, 4) is 5.69 Å². The maximum atomic E-state index is 6.04. The quantitative estimate of drug-likeness (QED) is 0.662. The van der Waals surface area contributed by atoms with E-state index in [9.17, 15) is 0 Å². The number of aromatic nitrogens is 2. The Hall–Kier alpha value is -1.27. The highest BCUT2D eigenvalue weighted by Crippen LogP contribution is 2.27. The zero-order valence-electron chi connectivity index (χ0n) is 9.27. The van der Waals surface area contributed by atoms with Crippen LogP contribution in [0.2, 0.25) is 5.02 Å². The molecule has 0 spiro atoms. The number of hydrogen-bond acceptors (Lipinski definition) is 2. The molecule has 0 saturated carbocycles. The molecule has 3 aromatic rings. The van der Waals surface area contributed by atoms with E-state index in [2.05, 4.69) is 27.6 Å². The summed E-state index contributed by atoms with van der Waals surface area (Å²) in [5, 5.41) is 0.676. The van der Waals surface area contributed by atoms with Gasteiger partial charge >= 0.3 is 0 Å². The number of anilines is 1. The summed E-state index contributed by atoms with van der Waals surface area (Å²) in [6.07, 6.45) is 0. The maximum absolute atomic E-state index is 6.04. The summed E-state index contributed by atoms with van der Waals surface area (Å²) in [6.45, 7) is 0. The zero-order valence-corrected chi connectivity index (χ0v) is 12.2. The van der Waals surface area contributed by atoms with Gasteiger partial charge in [0.1, 0.15) is 0 Å². The summed E-state index contributed by atoms with van der Waals surface area (Å²) in [6, 6.07) is 13.6. The van der Waals surface area contributed by atoms with Crippen molar-refractivity contribution in [2.24, 2.45) is 0 Å². The first-order valence-corrected chi connectivity index (χ1v) is 6.81. The van der Waals surface area contributed by atoms with Crippen molar-refractivity contribution in [2.75, 3.05) is 5.73 Å². The Morgan fingerprint density at radius 3 is 2.72 bits per heavy atom. The molecule has 0 saturated heterocycles. The third-order valence-electron chi connectivity index (χ3n) is 2.74. The van der Waals surface area contributed by atoms with E-state index in [0.29, 0.717) is 11.0 Å². The van der Waals surface area contributed by atoms with Gasteiger partial charge in [-0.15, -0.1) is 0 Å². The van der Waals surface area contributed by atoms with Gasteiger partial charge in [0.2, 0.25) is 5.95 Å². The molecule has 0 fully saturated rings. The third-order valence-corrected chi connectivity index (χ3v) is 3.88. The minimum absolute atomic E-state index is 0.469. The fraction of sp³-hybridized carbons (Fsp3) is 0. The summed E-state index contributed by atoms with van der Waals surface area (Å²) >= 11 is 8.33. The molecule has 0 amide bonds. The van der Waals surface area contributed by atoms with E-state index >= 15 is 0 Å². The van der Waals surface area contributed by atoms with Gasteiger partial charge in [0, 0.05) is 8.59 Å². The molecule has 0 unspecified atom stereocenters. The molecule has 0 radical (unpaired) electrons. The van der Waals surface area contributed by atoms with E-state index < -0.39 is 0 Å². The van der Waals surface area contributed by atoms with E-state index in [-0.39, 0.29) is 0 Å². The SMILES string of the molecule is Nc1nc2ccc(Cl)cc2n1-c1ccccc1I. The van der Waals surface area contributed by atoms with E-state index in [1.165, 1.54) is 0 Å². The lowest BCUT2D eigenvalue weighted by molar-refractivity contribution is 1.10. The lowest BCUT2D eigenvalue weighted by Crippen LogP contribution is -2.02. The first-order valence-electron chi connectivity index (χ1n) is 5.35. The lowest BCUT2D eigenvalue weighted by atomic mass is 10.3. The molecule has 18 heavy (non-hydrogen) atoms. The van der Waals surface area contributed by atoms with Crippen LogP contribution in [0.1, 0.15) is 0 Å². The molecule has 0 aliphatic carbocycles. The van der Waals surface area contributed by atoms with Gasteiger partial charge in [0.05, 0.1) is 16.7 Å². The number of hydrogen-bond donors (Lipinski definition) is 1. The van der Waals surface area contributed by atoms with Crippen molar-refractivity contribution in [3.05, 3.63) is 51.1 Å². The molecule has 3 rings (SSSR count). The van der Waals surface area contributed by atoms with Crippen LogP contribution in [0.15, 0.2) is 42.5 Å². The standard InChI is InChI=1S/C13H9ClIN3/c14-8-5-6-10-12(7-8)18(13(16)17-10)11-4-2-1-3-9(11)15/h1-7H,(H2,16,17). The van der Waals surface area contributed by atoms with Crippen LogP contribution < -0.4 is 5.73 Å². The Bertz CT molecular complexity index is 736. The zero-order chi connectivity index (χ0) is 12.7. The first-order chi connectivity index (χ1) is 8.66. The van der Waals surface area contributed by atoms with Crippen LogP contribution in [0.25, 0.3) is 16.7 Å². The van der Waals surface area contributed by atoms with Crippen LogP contribution in [0.5, 0.6) is 0 Å². The Morgan fingerprint density at radius 1 is 1.17 bits per heavy atom. The van der Waals surface area contributed by atoms with Gasteiger partial charge in [0.25, 0.3) is 0 Å². The molecule has 0 atom stereocenters. The van der Waals surface area contributed by atoms with Gasteiger partial charge in [-0.05, 0) is 52.9 Å². The molecule has 5 heteroatoms. The Morgan fingerprint density at radius 2 is 1.94 bits per heavy atom. The van der Waals surface area contributed by atoms with Crippen molar-refractivity contribution in [1.82, 2.24) is 9.55 Å². The number of nitrogen functional groups attached to an aromatic ring is 1. The highest BCUT2D eigenvalue weighted by molar-refractivity contribution is 14.1. The highest BCUT2D eigenvalue weighted by atomic mass is 127. The largest absolute Gasteiger partial charge is 0.369 e. The summed E-state index contributed by atoms with van der Waals surface area (Å²) < 4.78 is 3.03. The number of imidazole rings is 1. The van der Waals surface area contributed by atoms with Crippen molar-refractivity contribution in [1.29, 1.82) is 0 Å². The fourth-order valence-corrected chi connectivity index (χ4v) is 2.75. The molecule has 1 aromatic heterocycles. The second-order valence-corrected chi connectivity index (χ2v) is 5.49. The summed E-state index contributed by atoms with van der Waals surface area (Å²) in [5.74, 6) is 0.469. The number of benzene rings is 2. The Kier molecular flexibility index (Phi) is 2.91. The second kappa shape index (κ2) is 4.44. The predicted molar refractivity (Wildman–Crippen MR) is 83.2 cm³/mol. The predicted octanol–water partition coefficient (Wildman–Crippen LogP) is 3.87. The topological polar surface area (TPSA) is 43.8 Å². The highest BCUT2D eigenvalue weighted by Gasteiger charge is 2.12. The van der Waals surface area contributed by atoms with Gasteiger partial charge in [-0.1, -0.05) is 23.7 Å². The van der Waals surface area contributed by atoms with Crippen molar-refractivity contribution in [2.45, 2.75) is 0 Å². The minimum atomic E-state index is 0.469. The fourth-order valence-electron chi connectivity index (χ4n) is 1.95. The van der Waals surface area contributed by atoms with E-state index in [1.54, 1.807) is 0 Å². The lowest BCUT2D eigenvalue weighted by Gasteiger charge is -2.08.